The Labute approximate surface area is 128 Å². The summed E-state index contributed by atoms with van der Waals surface area (Å²) in [5, 5.41) is 9.41. The maximum absolute atomic E-state index is 9.41. The lowest BCUT2D eigenvalue weighted by molar-refractivity contribution is -0.000797. The molecule has 0 bridgehead atoms. The molecule has 3 heteroatoms. The van der Waals surface area contributed by atoms with Crippen molar-refractivity contribution in [3.8, 4) is 6.07 Å². The van der Waals surface area contributed by atoms with Gasteiger partial charge in [0.1, 0.15) is 5.54 Å². The number of nitriles is 1. The third kappa shape index (κ3) is 4.30. The Morgan fingerprint density at radius 2 is 1.90 bits per heavy atom. The molecule has 3 nitrogen and oxygen atoms in total. The van der Waals surface area contributed by atoms with Crippen molar-refractivity contribution < 1.29 is 4.74 Å². The third-order valence-corrected chi connectivity index (χ3v) is 4.62. The van der Waals surface area contributed by atoms with Gasteiger partial charge in [-0.2, -0.15) is 5.26 Å². The van der Waals surface area contributed by atoms with Gasteiger partial charge < -0.3 is 10.5 Å². The summed E-state index contributed by atoms with van der Waals surface area (Å²) in [7, 11) is 0. The van der Waals surface area contributed by atoms with Crippen molar-refractivity contribution in [2.75, 3.05) is 6.61 Å². The fourth-order valence-electron chi connectivity index (χ4n) is 2.93. The molecule has 1 aliphatic rings. The Balaban J connectivity index is 1.84. The average Bonchev–Trinajstić information content (AvgIpc) is 2.49. The summed E-state index contributed by atoms with van der Waals surface area (Å²) < 4.78 is 5.96. The number of ether oxygens (including phenoxy) is 1. The number of benzene rings is 1. The lowest BCUT2D eigenvalue weighted by Crippen LogP contribution is -2.37. The summed E-state index contributed by atoms with van der Waals surface area (Å²) in [5.41, 5.74) is 6.60. The molecule has 0 radical (unpaired) electrons. The Morgan fingerprint density at radius 3 is 2.48 bits per heavy atom. The molecule has 1 saturated carbocycles. The van der Waals surface area contributed by atoms with E-state index in [0.717, 1.165) is 18.4 Å². The molecule has 1 aliphatic carbocycles. The van der Waals surface area contributed by atoms with E-state index in [1.807, 2.05) is 30.3 Å². The lowest BCUT2D eigenvalue weighted by atomic mass is 9.76. The largest absolute Gasteiger partial charge is 0.378 e. The van der Waals surface area contributed by atoms with Crippen molar-refractivity contribution in [3.63, 3.8) is 0 Å². The van der Waals surface area contributed by atoms with E-state index in [-0.39, 0.29) is 0 Å². The number of rotatable bonds is 5. The van der Waals surface area contributed by atoms with E-state index in [0.29, 0.717) is 24.5 Å². The van der Waals surface area contributed by atoms with Crippen LogP contribution in [-0.2, 0) is 10.3 Å². The van der Waals surface area contributed by atoms with Gasteiger partial charge in [-0.15, -0.1) is 0 Å². The topological polar surface area (TPSA) is 59.0 Å². The van der Waals surface area contributed by atoms with Crippen molar-refractivity contribution in [1.29, 1.82) is 5.26 Å². The average molecular weight is 286 g/mol. The van der Waals surface area contributed by atoms with Gasteiger partial charge in [0.15, 0.2) is 0 Å². The molecule has 0 amide bonds. The van der Waals surface area contributed by atoms with Gasteiger partial charge >= 0.3 is 0 Å². The van der Waals surface area contributed by atoms with Crippen LogP contribution in [0.3, 0.4) is 0 Å². The Bertz CT molecular complexity index is 482. The maximum Gasteiger partial charge on any atom is 0.132 e. The quantitative estimate of drug-likeness (QED) is 0.897. The third-order valence-electron chi connectivity index (χ3n) is 4.62. The van der Waals surface area contributed by atoms with Crippen LogP contribution in [0.5, 0.6) is 0 Å². The predicted octanol–water partition coefficient (Wildman–Crippen LogP) is 3.74. The minimum absolute atomic E-state index is 0.330. The van der Waals surface area contributed by atoms with E-state index in [1.165, 1.54) is 12.8 Å². The number of hydrogen-bond donors (Lipinski definition) is 1. The first-order valence-corrected chi connectivity index (χ1v) is 7.82. The van der Waals surface area contributed by atoms with Gasteiger partial charge in [0.2, 0.25) is 0 Å². The standard InChI is InChI=1S/C18H26N2O/c1-17(2)10-8-16(9-11-17)21-13-12-18(20,14-19)15-6-4-3-5-7-15/h3-7,16H,8-13,20H2,1-2H3. The number of nitrogens with two attached hydrogens (primary N) is 1. The molecule has 0 aliphatic heterocycles. The molecule has 2 rings (SSSR count). The summed E-state index contributed by atoms with van der Waals surface area (Å²) in [4.78, 5) is 0. The summed E-state index contributed by atoms with van der Waals surface area (Å²) in [5.74, 6) is 0. The summed E-state index contributed by atoms with van der Waals surface area (Å²) >= 11 is 0. The van der Waals surface area contributed by atoms with Gasteiger partial charge in [-0.05, 0) is 36.7 Å². The molecule has 1 aromatic rings. The minimum Gasteiger partial charge on any atom is -0.378 e. The minimum atomic E-state index is -0.949. The van der Waals surface area contributed by atoms with Crippen LogP contribution in [0.4, 0.5) is 0 Å². The smallest absolute Gasteiger partial charge is 0.132 e. The van der Waals surface area contributed by atoms with E-state index in [9.17, 15) is 5.26 Å². The molecule has 0 heterocycles. The molecule has 1 fully saturated rings. The van der Waals surface area contributed by atoms with E-state index in [4.69, 9.17) is 10.5 Å². The van der Waals surface area contributed by atoms with Crippen molar-refractivity contribution in [1.82, 2.24) is 0 Å². The molecule has 0 aromatic heterocycles. The molecule has 1 unspecified atom stereocenters. The molecule has 0 saturated heterocycles. The van der Waals surface area contributed by atoms with Crippen LogP contribution in [0, 0.1) is 16.7 Å². The first kappa shape index (κ1) is 16.0. The maximum atomic E-state index is 9.41. The first-order chi connectivity index (χ1) is 9.95. The van der Waals surface area contributed by atoms with Crippen molar-refractivity contribution in [2.45, 2.75) is 57.6 Å². The number of hydrogen-bond acceptors (Lipinski definition) is 3. The Kier molecular flexibility index (Phi) is 5.03. The lowest BCUT2D eigenvalue weighted by Gasteiger charge is -2.34. The second-order valence-corrected chi connectivity index (χ2v) is 6.93. The summed E-state index contributed by atoms with van der Waals surface area (Å²) in [6.45, 7) is 5.18. The number of nitrogens with zero attached hydrogens (tertiary/aromatic N) is 1. The highest BCUT2D eigenvalue weighted by molar-refractivity contribution is 5.30. The van der Waals surface area contributed by atoms with Gasteiger partial charge in [0, 0.05) is 6.42 Å². The van der Waals surface area contributed by atoms with E-state index >= 15 is 0 Å². The molecule has 1 aromatic carbocycles. The molecule has 114 valence electrons. The highest BCUT2D eigenvalue weighted by Crippen LogP contribution is 2.36. The van der Waals surface area contributed by atoms with Gasteiger partial charge in [-0.25, -0.2) is 0 Å². The van der Waals surface area contributed by atoms with E-state index in [1.54, 1.807) is 0 Å². The fraction of sp³-hybridized carbons (Fsp3) is 0.611. The SMILES string of the molecule is CC1(C)CCC(OCCC(N)(C#N)c2ccccc2)CC1. The molecular weight excluding hydrogens is 260 g/mol. The highest BCUT2D eigenvalue weighted by atomic mass is 16.5. The predicted molar refractivity (Wildman–Crippen MR) is 84.5 cm³/mol. The monoisotopic (exact) mass is 286 g/mol. The van der Waals surface area contributed by atoms with Crippen LogP contribution in [0.25, 0.3) is 0 Å². The Morgan fingerprint density at radius 1 is 1.29 bits per heavy atom. The zero-order valence-corrected chi connectivity index (χ0v) is 13.1. The Hall–Kier alpha value is -1.37. The van der Waals surface area contributed by atoms with Gasteiger partial charge in [0.05, 0.1) is 18.8 Å². The van der Waals surface area contributed by atoms with Crippen molar-refractivity contribution in [2.24, 2.45) is 11.1 Å². The van der Waals surface area contributed by atoms with E-state index < -0.39 is 5.54 Å². The molecular formula is C18H26N2O. The second-order valence-electron chi connectivity index (χ2n) is 6.93. The van der Waals surface area contributed by atoms with Gasteiger partial charge in [-0.1, -0.05) is 44.2 Å². The van der Waals surface area contributed by atoms with Crippen LogP contribution in [0.15, 0.2) is 30.3 Å². The zero-order chi connectivity index (χ0) is 15.3. The summed E-state index contributed by atoms with van der Waals surface area (Å²) in [6.07, 6.45) is 5.51. The van der Waals surface area contributed by atoms with Crippen LogP contribution in [-0.4, -0.2) is 12.7 Å². The van der Waals surface area contributed by atoms with Crippen LogP contribution in [0.1, 0.15) is 51.5 Å². The molecule has 2 N–H and O–H groups in total. The van der Waals surface area contributed by atoms with E-state index in [2.05, 4.69) is 19.9 Å². The van der Waals surface area contributed by atoms with Crippen LogP contribution in [0.2, 0.25) is 0 Å². The second kappa shape index (κ2) is 6.60. The highest BCUT2D eigenvalue weighted by Gasteiger charge is 2.29. The van der Waals surface area contributed by atoms with Crippen LogP contribution >= 0.6 is 0 Å². The fourth-order valence-corrected chi connectivity index (χ4v) is 2.93. The summed E-state index contributed by atoms with van der Waals surface area (Å²) in [6, 6.07) is 11.8. The molecule has 0 spiro atoms. The van der Waals surface area contributed by atoms with Crippen LogP contribution < -0.4 is 5.73 Å². The normalized spacial score (nSPS) is 21.4. The van der Waals surface area contributed by atoms with Crippen molar-refractivity contribution >= 4 is 0 Å². The van der Waals surface area contributed by atoms with Crippen molar-refractivity contribution in [3.05, 3.63) is 35.9 Å². The molecule has 21 heavy (non-hydrogen) atoms. The first-order valence-electron chi connectivity index (χ1n) is 7.82. The van der Waals surface area contributed by atoms with Gasteiger partial charge in [-0.3, -0.25) is 0 Å². The molecule has 1 atom stereocenters. The zero-order valence-electron chi connectivity index (χ0n) is 13.1. The van der Waals surface area contributed by atoms with Gasteiger partial charge in [0.25, 0.3) is 0 Å².